The van der Waals surface area contributed by atoms with E-state index in [0.29, 0.717) is 17.0 Å². The number of piperidine rings is 1. The zero-order valence-electron chi connectivity index (χ0n) is 18.6. The van der Waals surface area contributed by atoms with Crippen molar-refractivity contribution >= 4 is 22.6 Å². The average molecular weight is 422 g/mol. The number of rotatable bonds is 2. The van der Waals surface area contributed by atoms with Crippen molar-refractivity contribution in [3.8, 4) is 0 Å². The molecule has 0 aliphatic carbocycles. The molecular weight excluding hydrogens is 394 g/mol. The number of aromatic nitrogens is 8. The molecule has 5 rings (SSSR count). The first-order valence-electron chi connectivity index (χ1n) is 10.6. The van der Waals surface area contributed by atoms with Gasteiger partial charge in [-0.1, -0.05) is 20.8 Å². The summed E-state index contributed by atoms with van der Waals surface area (Å²) in [4.78, 5) is 19.6. The lowest BCUT2D eigenvalue weighted by molar-refractivity contribution is 0.465. The number of fused-ring (bicyclic) bond motifs is 2. The Labute approximate surface area is 179 Å². The van der Waals surface area contributed by atoms with Gasteiger partial charge >= 0.3 is 0 Å². The number of nitrogens with zero attached hydrogens (tertiary/aromatic N) is 9. The van der Waals surface area contributed by atoms with Crippen LogP contribution in [0.3, 0.4) is 0 Å². The molecule has 0 N–H and O–H groups in total. The Bertz CT molecular complexity index is 1330. The second-order valence-electron chi connectivity index (χ2n) is 9.37. The third-order valence-corrected chi connectivity index (χ3v) is 6.05. The Balaban J connectivity index is 1.42. The normalized spacial score (nSPS) is 16.0. The Morgan fingerprint density at radius 1 is 1.03 bits per heavy atom. The van der Waals surface area contributed by atoms with Crippen molar-refractivity contribution in [3.63, 3.8) is 0 Å². The van der Waals surface area contributed by atoms with Gasteiger partial charge in [-0.2, -0.15) is 19.7 Å². The fraction of sp³-hybridized carbons (Fsp3) is 0.524. The fourth-order valence-electron chi connectivity index (χ4n) is 4.23. The van der Waals surface area contributed by atoms with Crippen LogP contribution in [0.1, 0.15) is 51.0 Å². The zero-order chi connectivity index (χ0) is 21.9. The van der Waals surface area contributed by atoms with Crippen molar-refractivity contribution < 1.29 is 0 Å². The van der Waals surface area contributed by atoms with E-state index in [-0.39, 0.29) is 16.9 Å². The highest BCUT2D eigenvalue weighted by molar-refractivity contribution is 5.74. The number of hydrogen-bond donors (Lipinski definition) is 0. The molecule has 1 aliphatic rings. The van der Waals surface area contributed by atoms with Crippen molar-refractivity contribution in [3.05, 3.63) is 40.2 Å². The summed E-state index contributed by atoms with van der Waals surface area (Å²) in [5, 5.41) is 18.5. The lowest BCUT2D eigenvalue weighted by Crippen LogP contribution is -2.38. The third-order valence-electron chi connectivity index (χ3n) is 6.05. The van der Waals surface area contributed by atoms with Gasteiger partial charge in [-0.3, -0.25) is 14.0 Å². The Hall–Kier alpha value is -3.30. The van der Waals surface area contributed by atoms with Crippen LogP contribution in [0.2, 0.25) is 0 Å². The van der Waals surface area contributed by atoms with Gasteiger partial charge in [-0.05, 0) is 25.0 Å². The minimum absolute atomic E-state index is 0.0420. The van der Waals surface area contributed by atoms with Gasteiger partial charge in [0.05, 0.1) is 5.69 Å². The molecule has 1 fully saturated rings. The van der Waals surface area contributed by atoms with Gasteiger partial charge in [-0.25, -0.2) is 0 Å². The number of hydrogen-bond acceptors (Lipinski definition) is 7. The van der Waals surface area contributed by atoms with E-state index in [0.717, 1.165) is 43.1 Å². The first-order valence-corrected chi connectivity index (χ1v) is 10.6. The van der Waals surface area contributed by atoms with E-state index in [1.54, 1.807) is 29.5 Å². The predicted octanol–water partition coefficient (Wildman–Crippen LogP) is 1.79. The van der Waals surface area contributed by atoms with Gasteiger partial charge in [0.15, 0.2) is 17.1 Å². The molecule has 162 valence electrons. The summed E-state index contributed by atoms with van der Waals surface area (Å²) >= 11 is 0. The molecule has 1 saturated heterocycles. The smallest absolute Gasteiger partial charge is 0.265 e. The lowest BCUT2D eigenvalue weighted by atomic mass is 9.92. The standard InChI is InChI=1S/C21H27N9O/c1-21(2,3)15-6-7-16-23-24-18(30(16)25-15)13-8-10-29(11-9-13)20-22-17-14(12-27(4)26-17)19(31)28(20)5/h6-7,12-13H,8-11H2,1-5H3. The van der Waals surface area contributed by atoms with Crippen molar-refractivity contribution in [1.82, 2.24) is 39.1 Å². The maximum atomic E-state index is 12.7. The summed E-state index contributed by atoms with van der Waals surface area (Å²) in [6.45, 7) is 8.01. The molecular formula is C21H27N9O. The van der Waals surface area contributed by atoms with Crippen molar-refractivity contribution in [1.29, 1.82) is 0 Å². The Morgan fingerprint density at radius 3 is 2.48 bits per heavy atom. The lowest BCUT2D eigenvalue weighted by Gasteiger charge is -2.32. The van der Waals surface area contributed by atoms with E-state index in [1.165, 1.54) is 0 Å². The maximum absolute atomic E-state index is 12.7. The summed E-state index contributed by atoms with van der Waals surface area (Å²) in [5.74, 6) is 1.82. The molecule has 0 unspecified atom stereocenters. The van der Waals surface area contributed by atoms with Gasteiger partial charge in [0.1, 0.15) is 5.39 Å². The molecule has 0 bridgehead atoms. The SMILES string of the molecule is Cn1cc2c(=O)n(C)c(N3CCC(c4nnc5ccc(C(C)(C)C)nn45)CC3)nc2n1. The van der Waals surface area contributed by atoms with E-state index in [1.807, 2.05) is 16.6 Å². The molecule has 5 heterocycles. The van der Waals surface area contributed by atoms with Crippen LogP contribution in [-0.4, -0.2) is 52.2 Å². The van der Waals surface area contributed by atoms with Gasteiger partial charge in [0, 0.05) is 44.7 Å². The fourth-order valence-corrected chi connectivity index (χ4v) is 4.23. The monoisotopic (exact) mass is 421 g/mol. The topological polar surface area (TPSA) is 99.0 Å². The molecule has 0 radical (unpaired) electrons. The van der Waals surface area contributed by atoms with Gasteiger partial charge < -0.3 is 4.90 Å². The van der Waals surface area contributed by atoms with Gasteiger partial charge in [0.2, 0.25) is 5.95 Å². The second kappa shape index (κ2) is 6.86. The Morgan fingerprint density at radius 2 is 1.77 bits per heavy atom. The highest BCUT2D eigenvalue weighted by Crippen LogP contribution is 2.29. The molecule has 0 saturated carbocycles. The number of anilines is 1. The van der Waals surface area contributed by atoms with Crippen molar-refractivity contribution in [2.24, 2.45) is 14.1 Å². The largest absolute Gasteiger partial charge is 0.342 e. The van der Waals surface area contributed by atoms with E-state index in [4.69, 9.17) is 5.10 Å². The minimum atomic E-state index is -0.0717. The molecule has 0 atom stereocenters. The Kier molecular flexibility index (Phi) is 4.35. The van der Waals surface area contributed by atoms with Crippen LogP contribution in [-0.2, 0) is 19.5 Å². The third kappa shape index (κ3) is 3.26. The molecule has 0 aromatic carbocycles. The van der Waals surface area contributed by atoms with Crippen LogP contribution in [0.4, 0.5) is 5.95 Å². The molecule has 10 heteroatoms. The zero-order valence-corrected chi connectivity index (χ0v) is 18.6. The highest BCUT2D eigenvalue weighted by atomic mass is 16.1. The first-order chi connectivity index (χ1) is 14.7. The van der Waals surface area contributed by atoms with E-state index in [9.17, 15) is 4.79 Å². The van der Waals surface area contributed by atoms with E-state index >= 15 is 0 Å². The van der Waals surface area contributed by atoms with Crippen LogP contribution in [0, 0.1) is 0 Å². The molecule has 0 spiro atoms. The second-order valence-corrected chi connectivity index (χ2v) is 9.37. The van der Waals surface area contributed by atoms with Crippen LogP contribution in [0.25, 0.3) is 16.7 Å². The van der Waals surface area contributed by atoms with Crippen molar-refractivity contribution in [2.75, 3.05) is 18.0 Å². The molecule has 31 heavy (non-hydrogen) atoms. The maximum Gasteiger partial charge on any atom is 0.265 e. The molecule has 0 amide bonds. The summed E-state index contributed by atoms with van der Waals surface area (Å²) in [5.41, 5.74) is 2.17. The molecule has 10 nitrogen and oxygen atoms in total. The van der Waals surface area contributed by atoms with E-state index < -0.39 is 0 Å². The van der Waals surface area contributed by atoms with Crippen LogP contribution < -0.4 is 10.5 Å². The van der Waals surface area contributed by atoms with Crippen LogP contribution in [0.5, 0.6) is 0 Å². The molecule has 4 aromatic rings. The van der Waals surface area contributed by atoms with Crippen LogP contribution >= 0.6 is 0 Å². The summed E-state index contributed by atoms with van der Waals surface area (Å²) < 4.78 is 5.15. The average Bonchev–Trinajstić information content (AvgIpc) is 3.33. The minimum Gasteiger partial charge on any atom is -0.342 e. The number of aryl methyl sites for hydroxylation is 1. The van der Waals surface area contributed by atoms with Gasteiger partial charge in [-0.15, -0.1) is 10.2 Å². The van der Waals surface area contributed by atoms with Gasteiger partial charge in [0.25, 0.3) is 5.56 Å². The first kappa shape index (κ1) is 19.7. The van der Waals surface area contributed by atoms with E-state index in [2.05, 4.69) is 46.0 Å². The van der Waals surface area contributed by atoms with Crippen molar-refractivity contribution in [2.45, 2.75) is 44.9 Å². The summed E-state index contributed by atoms with van der Waals surface area (Å²) in [6, 6.07) is 4.01. The highest BCUT2D eigenvalue weighted by Gasteiger charge is 2.28. The quantitative estimate of drug-likeness (QED) is 0.486. The predicted molar refractivity (Wildman–Crippen MR) is 117 cm³/mol. The molecule has 4 aromatic heterocycles. The van der Waals surface area contributed by atoms with Crippen LogP contribution in [0.15, 0.2) is 23.1 Å². The summed E-state index contributed by atoms with van der Waals surface area (Å²) in [7, 11) is 3.57. The summed E-state index contributed by atoms with van der Waals surface area (Å²) in [6.07, 6.45) is 3.49. The molecule has 1 aliphatic heterocycles.